The Bertz CT molecular complexity index is 1130. The maximum atomic E-state index is 12.9. The first kappa shape index (κ1) is 25.2. The number of sulfone groups is 1. The van der Waals surface area contributed by atoms with Crippen LogP contribution in [-0.4, -0.2) is 53.9 Å². The summed E-state index contributed by atoms with van der Waals surface area (Å²) in [6.07, 6.45) is 5.65. The number of benzene rings is 2. The second-order valence-corrected chi connectivity index (χ2v) is 12.3. The van der Waals surface area contributed by atoms with E-state index < -0.39 is 31.8 Å². The minimum Gasteiger partial charge on any atom is -0.372 e. The van der Waals surface area contributed by atoms with Crippen molar-refractivity contribution in [2.75, 3.05) is 35.3 Å². The Morgan fingerprint density at radius 3 is 2.09 bits per heavy atom. The SMILES string of the molecule is CS(=O)(=O)CC[C@H](NS(=O)(=O)c1ccccc1)C(=O)Nc1ccc(N2CCCCCC2)cc1. The van der Waals surface area contributed by atoms with Gasteiger partial charge < -0.3 is 10.2 Å². The summed E-state index contributed by atoms with van der Waals surface area (Å²) in [7, 11) is -7.39. The first-order valence-electron chi connectivity index (χ1n) is 11.0. The molecule has 0 radical (unpaired) electrons. The molecule has 8 nitrogen and oxygen atoms in total. The zero-order valence-corrected chi connectivity index (χ0v) is 20.4. The second-order valence-electron chi connectivity index (χ2n) is 8.34. The molecular formula is C23H31N3O5S2. The highest BCUT2D eigenvalue weighted by Crippen LogP contribution is 2.22. The Labute approximate surface area is 196 Å². The van der Waals surface area contributed by atoms with E-state index in [-0.39, 0.29) is 17.1 Å². The van der Waals surface area contributed by atoms with Crippen LogP contribution in [0.15, 0.2) is 59.5 Å². The maximum absolute atomic E-state index is 12.9. The second kappa shape index (κ2) is 11.1. The molecule has 1 aliphatic rings. The van der Waals surface area contributed by atoms with Crippen LogP contribution in [0, 0.1) is 0 Å². The molecule has 1 heterocycles. The fraction of sp³-hybridized carbons (Fsp3) is 0.435. The Hall–Kier alpha value is -2.43. The molecule has 180 valence electrons. The molecule has 2 aromatic carbocycles. The third-order valence-corrected chi connectivity index (χ3v) is 8.02. The Balaban J connectivity index is 1.72. The Morgan fingerprint density at radius 1 is 0.909 bits per heavy atom. The van der Waals surface area contributed by atoms with Gasteiger partial charge in [-0.2, -0.15) is 4.72 Å². The minimum absolute atomic E-state index is 0.00367. The lowest BCUT2D eigenvalue weighted by Gasteiger charge is -2.23. The molecule has 1 aliphatic heterocycles. The van der Waals surface area contributed by atoms with Crippen molar-refractivity contribution in [2.45, 2.75) is 43.0 Å². The highest BCUT2D eigenvalue weighted by atomic mass is 32.2. The molecule has 1 fully saturated rings. The molecule has 2 N–H and O–H groups in total. The van der Waals surface area contributed by atoms with Gasteiger partial charge in [0.1, 0.15) is 15.9 Å². The van der Waals surface area contributed by atoms with Gasteiger partial charge >= 0.3 is 0 Å². The van der Waals surface area contributed by atoms with Gasteiger partial charge in [-0.15, -0.1) is 0 Å². The van der Waals surface area contributed by atoms with Crippen molar-refractivity contribution in [3.05, 3.63) is 54.6 Å². The number of amides is 1. The number of nitrogens with zero attached hydrogens (tertiary/aromatic N) is 1. The van der Waals surface area contributed by atoms with Crippen LogP contribution in [0.4, 0.5) is 11.4 Å². The highest BCUT2D eigenvalue weighted by Gasteiger charge is 2.27. The topological polar surface area (TPSA) is 113 Å². The zero-order valence-electron chi connectivity index (χ0n) is 18.7. The van der Waals surface area contributed by atoms with Crippen molar-refractivity contribution >= 4 is 37.1 Å². The smallest absolute Gasteiger partial charge is 0.242 e. The van der Waals surface area contributed by atoms with E-state index in [1.165, 1.54) is 25.0 Å². The molecule has 0 bridgehead atoms. The van der Waals surface area contributed by atoms with Crippen LogP contribution in [-0.2, 0) is 24.7 Å². The lowest BCUT2D eigenvalue weighted by atomic mass is 10.2. The molecule has 1 amide bonds. The number of sulfonamides is 1. The summed E-state index contributed by atoms with van der Waals surface area (Å²) in [6.45, 7) is 2.00. The molecule has 10 heteroatoms. The predicted octanol–water partition coefficient (Wildman–Crippen LogP) is 2.79. The number of carbonyl (C=O) groups excluding carboxylic acids is 1. The molecule has 2 aromatic rings. The van der Waals surface area contributed by atoms with Crippen LogP contribution >= 0.6 is 0 Å². The average molecular weight is 494 g/mol. The fourth-order valence-electron chi connectivity index (χ4n) is 3.74. The van der Waals surface area contributed by atoms with E-state index in [4.69, 9.17) is 0 Å². The predicted molar refractivity (Wildman–Crippen MR) is 131 cm³/mol. The van der Waals surface area contributed by atoms with Crippen molar-refractivity contribution in [1.29, 1.82) is 0 Å². The number of anilines is 2. The summed E-state index contributed by atoms with van der Waals surface area (Å²) < 4.78 is 51.1. The summed E-state index contributed by atoms with van der Waals surface area (Å²) in [5, 5.41) is 2.72. The molecule has 1 saturated heterocycles. The van der Waals surface area contributed by atoms with Gasteiger partial charge in [-0.1, -0.05) is 31.0 Å². The van der Waals surface area contributed by atoms with Crippen molar-refractivity contribution in [2.24, 2.45) is 0 Å². The lowest BCUT2D eigenvalue weighted by molar-refractivity contribution is -0.117. The molecule has 0 aromatic heterocycles. The zero-order chi connectivity index (χ0) is 23.9. The largest absolute Gasteiger partial charge is 0.372 e. The van der Waals surface area contributed by atoms with E-state index >= 15 is 0 Å². The van der Waals surface area contributed by atoms with Gasteiger partial charge in [0, 0.05) is 30.7 Å². The number of carbonyl (C=O) groups is 1. The summed E-state index contributed by atoms with van der Waals surface area (Å²) >= 11 is 0. The van der Waals surface area contributed by atoms with Crippen LogP contribution < -0.4 is 14.9 Å². The molecule has 0 spiro atoms. The fourth-order valence-corrected chi connectivity index (χ4v) is 5.66. The average Bonchev–Trinajstić information content (AvgIpc) is 3.07. The lowest BCUT2D eigenvalue weighted by Crippen LogP contribution is -2.44. The van der Waals surface area contributed by atoms with Gasteiger partial charge in [-0.3, -0.25) is 4.79 Å². The van der Waals surface area contributed by atoms with E-state index in [9.17, 15) is 21.6 Å². The van der Waals surface area contributed by atoms with Gasteiger partial charge in [-0.25, -0.2) is 16.8 Å². The monoisotopic (exact) mass is 493 g/mol. The Morgan fingerprint density at radius 2 is 1.52 bits per heavy atom. The van der Waals surface area contributed by atoms with Crippen LogP contribution in [0.2, 0.25) is 0 Å². The van der Waals surface area contributed by atoms with Crippen LogP contribution in [0.25, 0.3) is 0 Å². The molecule has 1 atom stereocenters. The molecule has 3 rings (SSSR count). The third-order valence-electron chi connectivity index (χ3n) is 5.55. The summed E-state index contributed by atoms with van der Waals surface area (Å²) in [5.41, 5.74) is 1.59. The number of hydrogen-bond donors (Lipinski definition) is 2. The van der Waals surface area contributed by atoms with E-state index in [1.54, 1.807) is 30.3 Å². The number of nitrogens with one attached hydrogen (secondary N) is 2. The van der Waals surface area contributed by atoms with Crippen LogP contribution in [0.3, 0.4) is 0 Å². The molecular weight excluding hydrogens is 462 g/mol. The first-order chi connectivity index (χ1) is 15.6. The third kappa shape index (κ3) is 7.83. The number of hydrogen-bond acceptors (Lipinski definition) is 6. The molecule has 0 aliphatic carbocycles. The van der Waals surface area contributed by atoms with Gasteiger partial charge in [-0.05, 0) is 55.7 Å². The van der Waals surface area contributed by atoms with Crippen molar-refractivity contribution in [3.8, 4) is 0 Å². The van der Waals surface area contributed by atoms with Crippen LogP contribution in [0.5, 0.6) is 0 Å². The van der Waals surface area contributed by atoms with Gasteiger partial charge in [0.2, 0.25) is 15.9 Å². The summed E-state index contributed by atoms with van der Waals surface area (Å²) in [6, 6.07) is 13.8. The standard InChI is InChI=1S/C23H31N3O5S2/c1-32(28,29)18-15-22(25-33(30,31)21-9-5-4-6-10-21)23(27)24-19-11-13-20(14-12-19)26-16-7-2-3-8-17-26/h4-6,9-14,22,25H,2-3,7-8,15-18H2,1H3,(H,24,27)/t22-/m0/s1. The van der Waals surface area contributed by atoms with Crippen molar-refractivity contribution in [1.82, 2.24) is 4.72 Å². The van der Waals surface area contributed by atoms with Gasteiger partial charge in [0.15, 0.2) is 0 Å². The molecule has 0 unspecified atom stereocenters. The van der Waals surface area contributed by atoms with Crippen LogP contribution in [0.1, 0.15) is 32.1 Å². The van der Waals surface area contributed by atoms with Crippen molar-refractivity contribution < 1.29 is 21.6 Å². The summed E-state index contributed by atoms with van der Waals surface area (Å²) in [5.74, 6) is -0.934. The highest BCUT2D eigenvalue weighted by molar-refractivity contribution is 7.90. The normalized spacial score (nSPS) is 16.1. The maximum Gasteiger partial charge on any atom is 0.242 e. The van der Waals surface area contributed by atoms with E-state index in [2.05, 4.69) is 14.9 Å². The van der Waals surface area contributed by atoms with Crippen molar-refractivity contribution in [3.63, 3.8) is 0 Å². The summed E-state index contributed by atoms with van der Waals surface area (Å²) in [4.78, 5) is 15.3. The Kier molecular flexibility index (Phi) is 8.50. The van der Waals surface area contributed by atoms with Gasteiger partial charge in [0.25, 0.3) is 0 Å². The molecule has 33 heavy (non-hydrogen) atoms. The minimum atomic E-state index is -4.00. The van der Waals surface area contributed by atoms with E-state index in [0.717, 1.165) is 37.9 Å². The van der Waals surface area contributed by atoms with Gasteiger partial charge in [0.05, 0.1) is 10.6 Å². The van der Waals surface area contributed by atoms with E-state index in [1.807, 2.05) is 12.1 Å². The van der Waals surface area contributed by atoms with E-state index in [0.29, 0.717) is 5.69 Å². The first-order valence-corrected chi connectivity index (χ1v) is 14.6. The number of rotatable bonds is 9. The quantitative estimate of drug-likeness (QED) is 0.556. The molecule has 0 saturated carbocycles.